The third-order valence-corrected chi connectivity index (χ3v) is 6.14. The van der Waals surface area contributed by atoms with Gasteiger partial charge in [0.15, 0.2) is 5.82 Å². The van der Waals surface area contributed by atoms with Gasteiger partial charge in [0.1, 0.15) is 11.4 Å². The van der Waals surface area contributed by atoms with E-state index in [-0.39, 0.29) is 0 Å². The van der Waals surface area contributed by atoms with E-state index in [0.717, 1.165) is 16.8 Å². The molecule has 0 saturated carbocycles. The molecular weight excluding hydrogens is 470 g/mol. The Morgan fingerprint density at radius 2 is 1.39 bits per heavy atom. The van der Waals surface area contributed by atoms with Crippen LogP contribution in [0.15, 0.2) is 109 Å². The Balaban J connectivity index is 1.77. The molecule has 0 fully saturated rings. The summed E-state index contributed by atoms with van der Waals surface area (Å²) in [5.41, 5.74) is 5.15. The zero-order chi connectivity index (χ0) is 25.1. The van der Waals surface area contributed by atoms with Crippen molar-refractivity contribution in [3.63, 3.8) is 0 Å². The molecule has 0 unspecified atom stereocenters. The second-order valence-corrected chi connectivity index (χ2v) is 8.87. The van der Waals surface area contributed by atoms with Gasteiger partial charge < -0.3 is 9.74 Å². The molecule has 0 radical (unpaired) electrons. The molecule has 6 heteroatoms. The molecule has 178 valence electrons. The van der Waals surface area contributed by atoms with E-state index in [1.165, 1.54) is 4.73 Å². The number of imidazole rings is 1. The minimum atomic E-state index is -0.493. The van der Waals surface area contributed by atoms with E-state index in [2.05, 4.69) is 0 Å². The summed E-state index contributed by atoms with van der Waals surface area (Å²) in [6.07, 6.45) is 0. The summed E-state index contributed by atoms with van der Waals surface area (Å²) in [6.45, 7) is 0. The average molecular weight is 494 g/mol. The molecule has 36 heavy (non-hydrogen) atoms. The van der Waals surface area contributed by atoms with Crippen molar-refractivity contribution in [2.24, 2.45) is 0 Å². The number of nitrogens with zero attached hydrogens (tertiary/aromatic N) is 3. The lowest BCUT2D eigenvalue weighted by Gasteiger charge is -2.16. The van der Waals surface area contributed by atoms with Gasteiger partial charge >= 0.3 is 5.97 Å². The quantitative estimate of drug-likeness (QED) is 0.259. The molecule has 0 aliphatic carbocycles. The molecule has 5 nitrogen and oxygen atoms in total. The summed E-state index contributed by atoms with van der Waals surface area (Å²) in [7, 11) is 3.91. The number of hydrogen-bond donors (Lipinski definition) is 0. The highest BCUT2D eigenvalue weighted by Gasteiger charge is 2.26. The van der Waals surface area contributed by atoms with Crippen LogP contribution in [0.5, 0.6) is 0 Å². The van der Waals surface area contributed by atoms with Crippen molar-refractivity contribution >= 4 is 23.3 Å². The first-order chi connectivity index (χ1) is 17.5. The summed E-state index contributed by atoms with van der Waals surface area (Å²) in [5.74, 6) is -0.0561. The molecule has 0 spiro atoms. The monoisotopic (exact) mass is 493 g/mol. The number of carbonyl (C=O) groups is 1. The second-order valence-electron chi connectivity index (χ2n) is 8.46. The van der Waals surface area contributed by atoms with Gasteiger partial charge in [-0.25, -0.2) is 9.78 Å². The van der Waals surface area contributed by atoms with Crippen molar-refractivity contribution in [2.45, 2.75) is 0 Å². The summed E-state index contributed by atoms with van der Waals surface area (Å²) >= 11 is 6.77. The van der Waals surface area contributed by atoms with Crippen molar-refractivity contribution in [3.8, 4) is 33.9 Å². The largest absolute Gasteiger partial charge is 0.378 e. The molecule has 0 aliphatic rings. The Hall–Kier alpha value is -4.35. The third-order valence-electron chi connectivity index (χ3n) is 5.83. The maximum absolute atomic E-state index is 13.2. The second kappa shape index (κ2) is 10.1. The molecule has 1 heterocycles. The predicted molar refractivity (Wildman–Crippen MR) is 145 cm³/mol. The van der Waals surface area contributed by atoms with E-state index in [4.69, 9.17) is 21.4 Å². The smallest absolute Gasteiger partial charge is 0.363 e. The van der Waals surface area contributed by atoms with Crippen LogP contribution in [-0.2, 0) is 0 Å². The van der Waals surface area contributed by atoms with E-state index in [9.17, 15) is 4.79 Å². The number of rotatable bonds is 6. The number of carbonyl (C=O) groups excluding carboxylic acids is 1. The van der Waals surface area contributed by atoms with E-state index < -0.39 is 5.97 Å². The first-order valence-electron chi connectivity index (χ1n) is 11.5. The lowest BCUT2D eigenvalue weighted by molar-refractivity contribution is 0.0476. The van der Waals surface area contributed by atoms with Crippen molar-refractivity contribution in [2.75, 3.05) is 19.0 Å². The molecule has 0 aliphatic heterocycles. The van der Waals surface area contributed by atoms with Crippen LogP contribution in [-0.4, -0.2) is 29.8 Å². The first-order valence-corrected chi connectivity index (χ1v) is 11.9. The maximum Gasteiger partial charge on any atom is 0.363 e. The number of aromatic nitrogens is 2. The van der Waals surface area contributed by atoms with Crippen molar-refractivity contribution < 1.29 is 9.63 Å². The van der Waals surface area contributed by atoms with Crippen LogP contribution in [0.1, 0.15) is 10.4 Å². The lowest BCUT2D eigenvalue weighted by atomic mass is 10.1. The first kappa shape index (κ1) is 23.4. The Labute approximate surface area is 215 Å². The summed E-state index contributed by atoms with van der Waals surface area (Å²) in [5, 5.41) is 0.502. The molecular formula is C30H24ClN3O2. The standard InChI is InChI=1S/C30H24ClN3O2/c1-33(2)24-18-19-25(26(31)20-24)29-32-27(21-12-6-3-7-13-21)28(22-14-8-4-9-15-22)34(29)36-30(35)23-16-10-5-11-17-23/h3-20H,1-2H3. The topological polar surface area (TPSA) is 47.4 Å². The highest BCUT2D eigenvalue weighted by molar-refractivity contribution is 6.33. The highest BCUT2D eigenvalue weighted by atomic mass is 35.5. The molecule has 0 atom stereocenters. The maximum atomic E-state index is 13.2. The Morgan fingerprint density at radius 3 is 1.97 bits per heavy atom. The Morgan fingerprint density at radius 1 is 0.806 bits per heavy atom. The molecule has 0 amide bonds. The van der Waals surface area contributed by atoms with Gasteiger partial charge in [-0.2, -0.15) is 4.73 Å². The molecule has 0 saturated heterocycles. The van der Waals surface area contributed by atoms with Crippen LogP contribution >= 0.6 is 11.6 Å². The van der Waals surface area contributed by atoms with Crippen molar-refractivity contribution in [3.05, 3.63) is 120 Å². The number of anilines is 1. The van der Waals surface area contributed by atoms with Gasteiger partial charge in [-0.05, 0) is 30.3 Å². The Bertz CT molecular complexity index is 1500. The summed E-state index contributed by atoms with van der Waals surface area (Å²) in [4.78, 5) is 26.3. The van der Waals surface area contributed by atoms with E-state index >= 15 is 0 Å². The van der Waals surface area contributed by atoms with Crippen LogP contribution < -0.4 is 9.74 Å². The number of hydrogen-bond acceptors (Lipinski definition) is 4. The molecule has 1 aromatic heterocycles. The van der Waals surface area contributed by atoms with Gasteiger partial charge in [0.2, 0.25) is 0 Å². The molecule has 5 aromatic rings. The SMILES string of the molecule is CN(C)c1ccc(-c2nc(-c3ccccc3)c(-c3ccccc3)n2OC(=O)c2ccccc2)c(Cl)c1. The van der Waals surface area contributed by atoms with E-state index in [1.807, 2.05) is 104 Å². The van der Waals surface area contributed by atoms with Crippen LogP contribution in [0.2, 0.25) is 5.02 Å². The van der Waals surface area contributed by atoms with Gasteiger partial charge in [-0.1, -0.05) is 90.5 Å². The van der Waals surface area contributed by atoms with Gasteiger partial charge in [-0.3, -0.25) is 0 Å². The predicted octanol–water partition coefficient (Wildman–Crippen LogP) is 6.87. The fourth-order valence-electron chi connectivity index (χ4n) is 3.99. The number of benzene rings is 4. The fraction of sp³-hybridized carbons (Fsp3) is 0.0667. The van der Waals surface area contributed by atoms with Gasteiger partial charge in [0.05, 0.1) is 10.6 Å². The Kier molecular flexibility index (Phi) is 6.56. The highest BCUT2D eigenvalue weighted by Crippen LogP contribution is 2.38. The van der Waals surface area contributed by atoms with Crippen molar-refractivity contribution in [1.29, 1.82) is 0 Å². The molecule has 4 aromatic carbocycles. The van der Waals surface area contributed by atoms with Crippen LogP contribution in [0, 0.1) is 0 Å². The van der Waals surface area contributed by atoms with E-state index in [0.29, 0.717) is 33.4 Å². The molecule has 5 rings (SSSR count). The minimum Gasteiger partial charge on any atom is -0.378 e. The van der Waals surface area contributed by atoms with Crippen LogP contribution in [0.4, 0.5) is 5.69 Å². The third kappa shape index (κ3) is 4.61. The van der Waals surface area contributed by atoms with Gasteiger partial charge in [0, 0.05) is 36.5 Å². The molecule has 0 N–H and O–H groups in total. The minimum absolute atomic E-state index is 0.437. The zero-order valence-electron chi connectivity index (χ0n) is 19.9. The van der Waals surface area contributed by atoms with Crippen molar-refractivity contribution in [1.82, 2.24) is 9.71 Å². The lowest BCUT2D eigenvalue weighted by Crippen LogP contribution is -2.21. The zero-order valence-corrected chi connectivity index (χ0v) is 20.7. The van der Waals surface area contributed by atoms with Gasteiger partial charge in [0.25, 0.3) is 0 Å². The summed E-state index contributed by atoms with van der Waals surface area (Å²) < 4.78 is 1.50. The summed E-state index contributed by atoms with van der Waals surface area (Å²) in [6, 6.07) is 34.2. The van der Waals surface area contributed by atoms with Crippen LogP contribution in [0.25, 0.3) is 33.9 Å². The van der Waals surface area contributed by atoms with Gasteiger partial charge in [-0.15, -0.1) is 0 Å². The normalized spacial score (nSPS) is 10.8. The van der Waals surface area contributed by atoms with Crippen LogP contribution in [0.3, 0.4) is 0 Å². The molecule has 0 bridgehead atoms. The average Bonchev–Trinajstić information content (AvgIpc) is 3.28. The fourth-order valence-corrected chi connectivity index (χ4v) is 4.24. The van der Waals surface area contributed by atoms with E-state index in [1.54, 1.807) is 24.3 Å². The number of halogens is 1.